The lowest BCUT2D eigenvalue weighted by Gasteiger charge is -2.36. The third-order valence-electron chi connectivity index (χ3n) is 4.41. The van der Waals surface area contributed by atoms with Crippen molar-refractivity contribution >= 4 is 16.7 Å². The highest BCUT2D eigenvalue weighted by Crippen LogP contribution is 2.29. The summed E-state index contributed by atoms with van der Waals surface area (Å²) in [6.07, 6.45) is 1.95. The fraction of sp³-hybridized carbons (Fsp3) is 0.389. The first-order valence-electron chi connectivity index (χ1n) is 8.39. The molecule has 3 heterocycles. The SMILES string of the molecule is COc1ccc2[nH]nc(-c3cc(N4CC(C)OC(C)C4)ncn3)c2c1. The van der Waals surface area contributed by atoms with Gasteiger partial charge in [-0.05, 0) is 32.0 Å². The van der Waals surface area contributed by atoms with Gasteiger partial charge in [0.2, 0.25) is 0 Å². The van der Waals surface area contributed by atoms with E-state index in [-0.39, 0.29) is 12.2 Å². The van der Waals surface area contributed by atoms with E-state index in [9.17, 15) is 0 Å². The van der Waals surface area contributed by atoms with Crippen LogP contribution >= 0.6 is 0 Å². The molecule has 0 amide bonds. The van der Waals surface area contributed by atoms with Gasteiger partial charge in [0.15, 0.2) is 0 Å². The summed E-state index contributed by atoms with van der Waals surface area (Å²) >= 11 is 0. The Morgan fingerprint density at radius 1 is 1.16 bits per heavy atom. The number of morpholine rings is 1. The van der Waals surface area contributed by atoms with Crippen molar-refractivity contribution in [2.45, 2.75) is 26.1 Å². The van der Waals surface area contributed by atoms with Crippen LogP contribution in [0.15, 0.2) is 30.6 Å². The minimum atomic E-state index is 0.178. The smallest absolute Gasteiger partial charge is 0.132 e. The number of rotatable bonds is 3. The zero-order valence-electron chi connectivity index (χ0n) is 14.6. The summed E-state index contributed by atoms with van der Waals surface area (Å²) in [5, 5.41) is 8.47. The van der Waals surface area contributed by atoms with E-state index in [1.165, 1.54) is 0 Å². The standard InChI is InChI=1S/C18H21N5O2/c1-11-8-23(9-12(2)25-11)17-7-16(19-10-20-17)18-14-6-13(24-3)4-5-15(14)21-22-18/h4-7,10-12H,8-9H2,1-3H3,(H,21,22). The molecule has 2 unspecified atom stereocenters. The van der Waals surface area contributed by atoms with Gasteiger partial charge in [0, 0.05) is 24.5 Å². The second-order valence-corrected chi connectivity index (χ2v) is 6.41. The molecule has 7 nitrogen and oxygen atoms in total. The molecule has 2 aromatic heterocycles. The number of aromatic amines is 1. The Morgan fingerprint density at radius 3 is 2.72 bits per heavy atom. The summed E-state index contributed by atoms with van der Waals surface area (Å²) in [7, 11) is 1.66. The number of nitrogens with zero attached hydrogens (tertiary/aromatic N) is 4. The quantitative estimate of drug-likeness (QED) is 0.790. The summed E-state index contributed by atoms with van der Waals surface area (Å²) in [4.78, 5) is 11.1. The summed E-state index contributed by atoms with van der Waals surface area (Å²) in [6, 6.07) is 7.82. The monoisotopic (exact) mass is 339 g/mol. The Kier molecular flexibility index (Phi) is 4.01. The minimum absolute atomic E-state index is 0.178. The fourth-order valence-corrected chi connectivity index (χ4v) is 3.33. The van der Waals surface area contributed by atoms with Crippen molar-refractivity contribution in [3.05, 3.63) is 30.6 Å². The van der Waals surface area contributed by atoms with E-state index < -0.39 is 0 Å². The van der Waals surface area contributed by atoms with Crippen LogP contribution in [0.5, 0.6) is 5.75 Å². The highest BCUT2D eigenvalue weighted by Gasteiger charge is 2.24. The number of nitrogens with one attached hydrogen (secondary N) is 1. The molecule has 1 saturated heterocycles. The summed E-state index contributed by atoms with van der Waals surface area (Å²) in [5.74, 6) is 1.69. The average molecular weight is 339 g/mol. The molecule has 1 aromatic carbocycles. The Morgan fingerprint density at radius 2 is 1.96 bits per heavy atom. The predicted octanol–water partition coefficient (Wildman–Crippen LogP) is 2.64. The van der Waals surface area contributed by atoms with Crippen LogP contribution in [-0.2, 0) is 4.74 Å². The Bertz CT molecular complexity index is 884. The van der Waals surface area contributed by atoms with Crippen molar-refractivity contribution in [3.8, 4) is 17.1 Å². The molecule has 1 fully saturated rings. The molecule has 0 spiro atoms. The molecular weight excluding hydrogens is 318 g/mol. The van der Waals surface area contributed by atoms with Crippen molar-refractivity contribution in [2.24, 2.45) is 0 Å². The third-order valence-corrected chi connectivity index (χ3v) is 4.41. The molecule has 0 saturated carbocycles. The molecule has 1 aliphatic rings. The van der Waals surface area contributed by atoms with Gasteiger partial charge >= 0.3 is 0 Å². The third kappa shape index (κ3) is 3.02. The number of hydrogen-bond donors (Lipinski definition) is 1. The second-order valence-electron chi connectivity index (χ2n) is 6.41. The van der Waals surface area contributed by atoms with Crippen LogP contribution in [-0.4, -0.2) is 52.6 Å². The molecule has 1 aliphatic heterocycles. The highest BCUT2D eigenvalue weighted by atomic mass is 16.5. The van der Waals surface area contributed by atoms with Crippen molar-refractivity contribution in [3.63, 3.8) is 0 Å². The van der Waals surface area contributed by atoms with Gasteiger partial charge in [-0.3, -0.25) is 5.10 Å². The number of methoxy groups -OCH3 is 1. The van der Waals surface area contributed by atoms with E-state index in [1.54, 1.807) is 13.4 Å². The van der Waals surface area contributed by atoms with Crippen molar-refractivity contribution in [1.82, 2.24) is 20.2 Å². The largest absolute Gasteiger partial charge is 0.497 e. The van der Waals surface area contributed by atoms with E-state index in [2.05, 4.69) is 38.9 Å². The highest BCUT2D eigenvalue weighted by molar-refractivity contribution is 5.93. The summed E-state index contributed by atoms with van der Waals surface area (Å²) < 4.78 is 11.1. The Balaban J connectivity index is 1.72. The molecule has 130 valence electrons. The Labute approximate surface area is 146 Å². The van der Waals surface area contributed by atoms with E-state index in [0.29, 0.717) is 0 Å². The van der Waals surface area contributed by atoms with E-state index in [1.807, 2.05) is 24.3 Å². The van der Waals surface area contributed by atoms with E-state index in [4.69, 9.17) is 9.47 Å². The molecule has 2 atom stereocenters. The van der Waals surface area contributed by atoms with Gasteiger partial charge in [0.25, 0.3) is 0 Å². The maximum absolute atomic E-state index is 5.81. The van der Waals surface area contributed by atoms with Crippen molar-refractivity contribution in [2.75, 3.05) is 25.1 Å². The van der Waals surface area contributed by atoms with Crippen LogP contribution in [0.1, 0.15) is 13.8 Å². The van der Waals surface area contributed by atoms with Gasteiger partial charge in [-0.25, -0.2) is 9.97 Å². The Hall–Kier alpha value is -2.67. The van der Waals surface area contributed by atoms with Crippen LogP contribution in [0, 0.1) is 0 Å². The first kappa shape index (κ1) is 15.8. The second kappa shape index (κ2) is 6.33. The molecule has 7 heteroatoms. The lowest BCUT2D eigenvalue weighted by molar-refractivity contribution is -0.00546. The lowest BCUT2D eigenvalue weighted by atomic mass is 10.1. The normalized spacial score (nSPS) is 20.8. The van der Waals surface area contributed by atoms with Crippen LogP contribution in [0.3, 0.4) is 0 Å². The van der Waals surface area contributed by atoms with Gasteiger partial charge in [-0.2, -0.15) is 5.10 Å². The lowest BCUT2D eigenvalue weighted by Crippen LogP contribution is -2.45. The van der Waals surface area contributed by atoms with Crippen LogP contribution in [0.4, 0.5) is 5.82 Å². The van der Waals surface area contributed by atoms with Crippen LogP contribution < -0.4 is 9.64 Å². The first-order valence-corrected chi connectivity index (χ1v) is 8.39. The summed E-state index contributed by atoms with van der Waals surface area (Å²) in [5.41, 5.74) is 2.53. The first-order chi connectivity index (χ1) is 12.1. The molecule has 0 bridgehead atoms. The zero-order chi connectivity index (χ0) is 17.4. The number of fused-ring (bicyclic) bond motifs is 1. The number of H-pyrrole nitrogens is 1. The van der Waals surface area contributed by atoms with Gasteiger partial charge < -0.3 is 14.4 Å². The number of ether oxygens (including phenoxy) is 2. The summed E-state index contributed by atoms with van der Waals surface area (Å²) in [6.45, 7) is 5.79. The van der Waals surface area contributed by atoms with Crippen molar-refractivity contribution in [1.29, 1.82) is 0 Å². The zero-order valence-corrected chi connectivity index (χ0v) is 14.6. The molecule has 0 radical (unpaired) electrons. The van der Waals surface area contributed by atoms with Crippen molar-refractivity contribution < 1.29 is 9.47 Å². The number of hydrogen-bond acceptors (Lipinski definition) is 6. The van der Waals surface area contributed by atoms with Gasteiger partial charge in [-0.15, -0.1) is 0 Å². The van der Waals surface area contributed by atoms with Gasteiger partial charge in [0.1, 0.15) is 23.6 Å². The molecule has 4 rings (SSSR count). The van der Waals surface area contributed by atoms with E-state index >= 15 is 0 Å². The van der Waals surface area contributed by atoms with E-state index in [0.717, 1.165) is 46.9 Å². The molecular formula is C18H21N5O2. The maximum Gasteiger partial charge on any atom is 0.132 e. The van der Waals surface area contributed by atoms with Gasteiger partial charge in [-0.1, -0.05) is 0 Å². The number of benzene rings is 1. The fourth-order valence-electron chi connectivity index (χ4n) is 3.33. The maximum atomic E-state index is 5.81. The minimum Gasteiger partial charge on any atom is -0.497 e. The van der Waals surface area contributed by atoms with Gasteiger partial charge in [0.05, 0.1) is 30.5 Å². The van der Waals surface area contributed by atoms with Crippen LogP contribution in [0.2, 0.25) is 0 Å². The molecule has 1 N–H and O–H groups in total. The number of anilines is 1. The topological polar surface area (TPSA) is 76.2 Å². The average Bonchev–Trinajstić information content (AvgIpc) is 3.04. The number of aromatic nitrogens is 4. The molecule has 25 heavy (non-hydrogen) atoms. The molecule has 3 aromatic rings. The molecule has 0 aliphatic carbocycles. The predicted molar refractivity (Wildman–Crippen MR) is 95.9 cm³/mol. The van der Waals surface area contributed by atoms with Crippen LogP contribution in [0.25, 0.3) is 22.3 Å².